The molecule has 1 aromatic carbocycles. The van der Waals surface area contributed by atoms with Gasteiger partial charge in [0.25, 0.3) is 0 Å². The van der Waals surface area contributed by atoms with Crippen molar-refractivity contribution in [1.82, 2.24) is 0 Å². The second kappa shape index (κ2) is 5.33. The lowest BCUT2D eigenvalue weighted by atomic mass is 9.99. The van der Waals surface area contributed by atoms with Crippen LogP contribution in [-0.2, 0) is 17.6 Å². The highest BCUT2D eigenvalue weighted by atomic mass is 16.6. The Bertz CT molecular complexity index is 474. The highest BCUT2D eigenvalue weighted by Gasteiger charge is 2.20. The number of hydrogen-bond donors (Lipinski definition) is 1. The zero-order valence-electron chi connectivity index (χ0n) is 12.0. The molecule has 0 saturated carbocycles. The third-order valence-electron chi connectivity index (χ3n) is 3.34. The first-order valence-electron chi connectivity index (χ1n) is 6.96. The molecule has 0 fully saturated rings. The maximum Gasteiger partial charge on any atom is 0.338 e. The van der Waals surface area contributed by atoms with Crippen molar-refractivity contribution in [3.8, 4) is 0 Å². The maximum absolute atomic E-state index is 12.1. The summed E-state index contributed by atoms with van der Waals surface area (Å²) in [5.74, 6) is -0.256. The van der Waals surface area contributed by atoms with E-state index in [4.69, 9.17) is 10.5 Å². The Morgan fingerprint density at radius 2 is 2.05 bits per heavy atom. The van der Waals surface area contributed by atoms with Crippen molar-refractivity contribution in [2.24, 2.45) is 5.73 Å². The minimum absolute atomic E-state index is 0.204. The highest BCUT2D eigenvalue weighted by molar-refractivity contribution is 5.90. The summed E-state index contributed by atoms with van der Waals surface area (Å²) in [5.41, 5.74) is 8.75. The van der Waals surface area contributed by atoms with Gasteiger partial charge >= 0.3 is 5.97 Å². The largest absolute Gasteiger partial charge is 0.456 e. The molecule has 0 amide bonds. The van der Waals surface area contributed by atoms with E-state index in [1.165, 1.54) is 11.1 Å². The predicted octanol–water partition coefficient (Wildman–Crippen LogP) is 2.85. The van der Waals surface area contributed by atoms with Crippen molar-refractivity contribution in [3.05, 3.63) is 34.9 Å². The molecule has 1 aliphatic carbocycles. The molecule has 0 radical (unpaired) electrons. The van der Waals surface area contributed by atoms with Crippen molar-refractivity contribution < 1.29 is 9.53 Å². The number of aryl methyl sites for hydroxylation is 1. The van der Waals surface area contributed by atoms with Crippen LogP contribution in [0.15, 0.2) is 18.2 Å². The molecule has 3 heteroatoms. The van der Waals surface area contributed by atoms with Crippen molar-refractivity contribution in [3.63, 3.8) is 0 Å². The first-order valence-corrected chi connectivity index (χ1v) is 6.96. The number of carbonyl (C=O) groups excluding carboxylic acids is 1. The number of nitrogens with two attached hydrogens (primary N) is 1. The summed E-state index contributed by atoms with van der Waals surface area (Å²) in [6.45, 7) is 5.64. The summed E-state index contributed by atoms with van der Waals surface area (Å²) >= 11 is 0. The smallest absolute Gasteiger partial charge is 0.338 e. The van der Waals surface area contributed by atoms with Crippen LogP contribution in [0.4, 0.5) is 0 Å². The Morgan fingerprint density at radius 3 is 2.74 bits per heavy atom. The van der Waals surface area contributed by atoms with Crippen LogP contribution in [-0.4, -0.2) is 17.6 Å². The first kappa shape index (κ1) is 14.1. The van der Waals surface area contributed by atoms with Gasteiger partial charge in [-0.2, -0.15) is 0 Å². The van der Waals surface area contributed by atoms with Gasteiger partial charge in [0, 0.05) is 6.04 Å². The second-order valence-electron chi connectivity index (χ2n) is 6.34. The number of carbonyl (C=O) groups is 1. The summed E-state index contributed by atoms with van der Waals surface area (Å²) in [6, 6.07) is 6.07. The van der Waals surface area contributed by atoms with Gasteiger partial charge in [-0.25, -0.2) is 4.79 Å². The molecule has 0 aliphatic heterocycles. The Labute approximate surface area is 115 Å². The minimum atomic E-state index is -0.458. The monoisotopic (exact) mass is 261 g/mol. The van der Waals surface area contributed by atoms with Crippen LogP contribution in [0.3, 0.4) is 0 Å². The van der Waals surface area contributed by atoms with E-state index >= 15 is 0 Å². The molecule has 1 unspecified atom stereocenters. The Hall–Kier alpha value is -1.35. The molecule has 1 aromatic rings. The Balaban J connectivity index is 2.22. The summed E-state index contributed by atoms with van der Waals surface area (Å²) in [7, 11) is 0. The first-order chi connectivity index (χ1) is 8.85. The summed E-state index contributed by atoms with van der Waals surface area (Å²) < 4.78 is 5.40. The van der Waals surface area contributed by atoms with Gasteiger partial charge in [-0.3, -0.25) is 0 Å². The van der Waals surface area contributed by atoms with Crippen molar-refractivity contribution in [2.75, 3.05) is 0 Å². The van der Waals surface area contributed by atoms with E-state index in [1.807, 2.05) is 39.0 Å². The molecule has 1 aliphatic rings. The lowest BCUT2D eigenvalue weighted by molar-refractivity contribution is 0.00694. The number of ether oxygens (including phenoxy) is 1. The van der Waals surface area contributed by atoms with E-state index in [-0.39, 0.29) is 12.0 Å². The molecule has 104 valence electrons. The number of rotatable bonds is 1. The van der Waals surface area contributed by atoms with Gasteiger partial charge in [-0.1, -0.05) is 6.07 Å². The normalized spacial score (nSPS) is 19.5. The summed E-state index contributed by atoms with van der Waals surface area (Å²) in [5, 5.41) is 0. The molecule has 0 saturated heterocycles. The topological polar surface area (TPSA) is 52.3 Å². The van der Waals surface area contributed by atoms with Gasteiger partial charge in [0.1, 0.15) is 5.60 Å². The highest BCUT2D eigenvalue weighted by Crippen LogP contribution is 2.22. The standard InChI is InChI=1S/C16H23NO2/c1-16(2,3)19-15(18)12-8-7-11-5-4-6-14(17)10-13(11)9-12/h7-9,14H,4-6,10,17H2,1-3H3. The molecule has 3 nitrogen and oxygen atoms in total. The van der Waals surface area contributed by atoms with Crippen LogP contribution < -0.4 is 5.73 Å². The van der Waals surface area contributed by atoms with Crippen LogP contribution in [0.5, 0.6) is 0 Å². The molecule has 19 heavy (non-hydrogen) atoms. The zero-order valence-corrected chi connectivity index (χ0v) is 12.0. The van der Waals surface area contributed by atoms with Gasteiger partial charge in [-0.05, 0) is 69.7 Å². The average molecular weight is 261 g/mol. The van der Waals surface area contributed by atoms with Gasteiger partial charge in [-0.15, -0.1) is 0 Å². The number of esters is 1. The average Bonchev–Trinajstić information content (AvgIpc) is 2.46. The SMILES string of the molecule is CC(C)(C)OC(=O)c1ccc2c(c1)CC(N)CCC2. The van der Waals surface area contributed by atoms with E-state index in [0.29, 0.717) is 5.56 Å². The van der Waals surface area contributed by atoms with Crippen LogP contribution in [0.2, 0.25) is 0 Å². The number of fused-ring (bicyclic) bond motifs is 1. The van der Waals surface area contributed by atoms with E-state index in [2.05, 4.69) is 0 Å². The van der Waals surface area contributed by atoms with E-state index in [9.17, 15) is 4.79 Å². The lowest BCUT2D eigenvalue weighted by Crippen LogP contribution is -2.24. The fourth-order valence-electron chi connectivity index (χ4n) is 2.46. The molecule has 2 rings (SSSR count). The Morgan fingerprint density at radius 1 is 1.32 bits per heavy atom. The van der Waals surface area contributed by atoms with Gasteiger partial charge in [0.15, 0.2) is 0 Å². The van der Waals surface area contributed by atoms with Gasteiger partial charge in [0.05, 0.1) is 5.56 Å². The van der Waals surface area contributed by atoms with Crippen LogP contribution in [0, 0.1) is 0 Å². The fourth-order valence-corrected chi connectivity index (χ4v) is 2.46. The quantitative estimate of drug-likeness (QED) is 0.624. The molecule has 0 spiro atoms. The summed E-state index contributed by atoms with van der Waals surface area (Å²) in [6.07, 6.45) is 4.08. The molecule has 2 N–H and O–H groups in total. The second-order valence-corrected chi connectivity index (χ2v) is 6.34. The maximum atomic E-state index is 12.1. The van der Waals surface area contributed by atoms with Crippen molar-refractivity contribution in [1.29, 1.82) is 0 Å². The van der Waals surface area contributed by atoms with Crippen LogP contribution in [0.25, 0.3) is 0 Å². The lowest BCUT2D eigenvalue weighted by Gasteiger charge is -2.20. The molecule has 0 heterocycles. The van der Waals surface area contributed by atoms with Crippen LogP contribution >= 0.6 is 0 Å². The minimum Gasteiger partial charge on any atom is -0.456 e. The van der Waals surface area contributed by atoms with Crippen molar-refractivity contribution in [2.45, 2.75) is 58.1 Å². The van der Waals surface area contributed by atoms with E-state index in [0.717, 1.165) is 25.7 Å². The molecular weight excluding hydrogens is 238 g/mol. The van der Waals surface area contributed by atoms with E-state index < -0.39 is 5.60 Å². The van der Waals surface area contributed by atoms with Gasteiger partial charge in [0.2, 0.25) is 0 Å². The fraction of sp³-hybridized carbons (Fsp3) is 0.562. The Kier molecular flexibility index (Phi) is 3.95. The third-order valence-corrected chi connectivity index (χ3v) is 3.34. The molecular formula is C16H23NO2. The molecule has 1 atom stereocenters. The van der Waals surface area contributed by atoms with E-state index in [1.54, 1.807) is 0 Å². The molecule has 0 aromatic heterocycles. The predicted molar refractivity (Wildman–Crippen MR) is 76.2 cm³/mol. The molecule has 0 bridgehead atoms. The number of benzene rings is 1. The van der Waals surface area contributed by atoms with Crippen molar-refractivity contribution >= 4 is 5.97 Å². The van der Waals surface area contributed by atoms with Gasteiger partial charge < -0.3 is 10.5 Å². The summed E-state index contributed by atoms with van der Waals surface area (Å²) in [4.78, 5) is 12.1. The van der Waals surface area contributed by atoms with Crippen LogP contribution in [0.1, 0.15) is 55.1 Å². The number of hydrogen-bond acceptors (Lipinski definition) is 3. The third kappa shape index (κ3) is 3.80. The zero-order chi connectivity index (χ0) is 14.0.